The number of aromatic amines is 1. The van der Waals surface area contributed by atoms with Crippen LogP contribution in [0.2, 0.25) is 0 Å². The Morgan fingerprint density at radius 1 is 1.15 bits per heavy atom. The van der Waals surface area contributed by atoms with Crippen molar-refractivity contribution in [3.05, 3.63) is 42.1 Å². The Morgan fingerprint density at radius 3 is 2.62 bits per heavy atom. The number of benzene rings is 1. The molecule has 0 aliphatic heterocycles. The third kappa shape index (κ3) is 1.31. The number of hydrogen-bond donors (Lipinski definition) is 2. The molecule has 2 nitrogen and oxygen atoms in total. The molecule has 0 bridgehead atoms. The van der Waals surface area contributed by atoms with Gasteiger partial charge in [0.2, 0.25) is 0 Å². The molecule has 1 heterocycles. The van der Waals surface area contributed by atoms with Crippen LogP contribution in [0.3, 0.4) is 0 Å². The van der Waals surface area contributed by atoms with Gasteiger partial charge in [0, 0.05) is 17.5 Å². The van der Waals surface area contributed by atoms with Crippen LogP contribution >= 0.6 is 0 Å². The number of aromatic hydroxyl groups is 1. The normalized spacial score (nSPS) is 10.2. The minimum atomic E-state index is 0.322. The van der Waals surface area contributed by atoms with Gasteiger partial charge in [-0.05, 0) is 30.7 Å². The highest BCUT2D eigenvalue weighted by atomic mass is 16.3. The fourth-order valence-corrected chi connectivity index (χ4v) is 1.49. The first-order chi connectivity index (χ1) is 6.29. The van der Waals surface area contributed by atoms with E-state index in [1.165, 1.54) is 0 Å². The first-order valence-electron chi connectivity index (χ1n) is 4.21. The van der Waals surface area contributed by atoms with Gasteiger partial charge in [-0.2, -0.15) is 0 Å². The molecular weight excluding hydrogens is 162 g/mol. The second-order valence-corrected chi connectivity index (χ2v) is 3.05. The van der Waals surface area contributed by atoms with Gasteiger partial charge in [0.1, 0.15) is 5.75 Å². The maximum atomic E-state index is 9.64. The van der Waals surface area contributed by atoms with Gasteiger partial charge in [-0.25, -0.2) is 0 Å². The van der Waals surface area contributed by atoms with E-state index in [4.69, 9.17) is 0 Å². The van der Waals surface area contributed by atoms with Crippen molar-refractivity contribution in [3.63, 3.8) is 0 Å². The van der Waals surface area contributed by atoms with E-state index in [1.807, 2.05) is 37.4 Å². The highest BCUT2D eigenvalue weighted by Gasteiger charge is 2.06. The Hall–Kier alpha value is -1.70. The highest BCUT2D eigenvalue weighted by Crippen LogP contribution is 2.30. The maximum Gasteiger partial charge on any atom is 0.125 e. The summed E-state index contributed by atoms with van der Waals surface area (Å²) in [5, 5.41) is 9.64. The molecule has 0 radical (unpaired) electrons. The monoisotopic (exact) mass is 173 g/mol. The lowest BCUT2D eigenvalue weighted by molar-refractivity contribution is 0.477. The van der Waals surface area contributed by atoms with E-state index in [0.29, 0.717) is 5.75 Å². The molecule has 0 atom stereocenters. The summed E-state index contributed by atoms with van der Waals surface area (Å²) >= 11 is 0. The van der Waals surface area contributed by atoms with E-state index in [-0.39, 0.29) is 0 Å². The molecule has 0 saturated heterocycles. The number of hydrogen-bond acceptors (Lipinski definition) is 1. The van der Waals surface area contributed by atoms with E-state index in [2.05, 4.69) is 4.98 Å². The minimum absolute atomic E-state index is 0.322. The predicted octanol–water partition coefficient (Wildman–Crippen LogP) is 2.70. The van der Waals surface area contributed by atoms with Crippen LogP contribution < -0.4 is 0 Å². The Kier molecular flexibility index (Phi) is 1.81. The number of phenolic OH excluding ortho intramolecular Hbond substituents is 1. The number of phenols is 1. The molecule has 2 N–H and O–H groups in total. The quantitative estimate of drug-likeness (QED) is 0.683. The van der Waals surface area contributed by atoms with Crippen molar-refractivity contribution in [3.8, 4) is 17.0 Å². The zero-order chi connectivity index (χ0) is 9.26. The van der Waals surface area contributed by atoms with Gasteiger partial charge in [0.05, 0.1) is 0 Å². The first kappa shape index (κ1) is 7.92. The second-order valence-electron chi connectivity index (χ2n) is 3.05. The van der Waals surface area contributed by atoms with Crippen LogP contribution in [0.1, 0.15) is 5.56 Å². The van der Waals surface area contributed by atoms with Crippen molar-refractivity contribution in [2.45, 2.75) is 6.92 Å². The molecule has 0 spiro atoms. The molecule has 2 aromatic rings. The highest BCUT2D eigenvalue weighted by molar-refractivity contribution is 5.70. The van der Waals surface area contributed by atoms with E-state index >= 15 is 0 Å². The molecule has 2 heteroatoms. The van der Waals surface area contributed by atoms with Crippen LogP contribution in [0.5, 0.6) is 5.75 Å². The molecular formula is C11H11NO. The molecule has 66 valence electrons. The fourth-order valence-electron chi connectivity index (χ4n) is 1.49. The predicted molar refractivity (Wildman–Crippen MR) is 52.6 cm³/mol. The van der Waals surface area contributed by atoms with E-state index in [9.17, 15) is 5.11 Å². The first-order valence-corrected chi connectivity index (χ1v) is 4.21. The summed E-state index contributed by atoms with van der Waals surface area (Å²) in [5.74, 6) is 0.322. The summed E-state index contributed by atoms with van der Waals surface area (Å²) in [4.78, 5) is 3.08. The summed E-state index contributed by atoms with van der Waals surface area (Å²) in [6.07, 6.45) is 1.85. The summed E-state index contributed by atoms with van der Waals surface area (Å²) in [6.45, 7) is 1.98. The van der Waals surface area contributed by atoms with Gasteiger partial charge >= 0.3 is 0 Å². The molecule has 0 aliphatic rings. The van der Waals surface area contributed by atoms with Crippen molar-refractivity contribution in [1.82, 2.24) is 4.98 Å². The lowest BCUT2D eigenvalue weighted by atomic mass is 10.1. The third-order valence-corrected chi connectivity index (χ3v) is 2.12. The van der Waals surface area contributed by atoms with E-state index in [1.54, 1.807) is 6.07 Å². The van der Waals surface area contributed by atoms with Crippen molar-refractivity contribution in [2.24, 2.45) is 0 Å². The number of H-pyrrole nitrogens is 1. The zero-order valence-corrected chi connectivity index (χ0v) is 7.41. The van der Waals surface area contributed by atoms with Crippen LogP contribution in [0.25, 0.3) is 11.3 Å². The fraction of sp³-hybridized carbons (Fsp3) is 0.0909. The molecule has 1 aromatic carbocycles. The standard InChI is InChI=1S/C11H11NO/c1-8-4-2-6-10(13)11(8)9-5-3-7-12-9/h2-7,12-13H,1H3. The van der Waals surface area contributed by atoms with Crippen LogP contribution in [-0.2, 0) is 0 Å². The molecule has 2 rings (SSSR count). The van der Waals surface area contributed by atoms with Gasteiger partial charge < -0.3 is 10.1 Å². The topological polar surface area (TPSA) is 36.0 Å². The summed E-state index contributed by atoms with van der Waals surface area (Å²) in [6, 6.07) is 9.39. The molecule has 0 unspecified atom stereocenters. The van der Waals surface area contributed by atoms with Crippen LogP contribution in [-0.4, -0.2) is 10.1 Å². The summed E-state index contributed by atoms with van der Waals surface area (Å²) in [5.41, 5.74) is 2.91. The molecule has 1 aromatic heterocycles. The average molecular weight is 173 g/mol. The zero-order valence-electron chi connectivity index (χ0n) is 7.41. The SMILES string of the molecule is Cc1cccc(O)c1-c1ccc[nH]1. The van der Waals surface area contributed by atoms with Crippen LogP contribution in [0, 0.1) is 6.92 Å². The van der Waals surface area contributed by atoms with Crippen molar-refractivity contribution < 1.29 is 5.11 Å². The molecule has 13 heavy (non-hydrogen) atoms. The second kappa shape index (κ2) is 2.98. The summed E-state index contributed by atoms with van der Waals surface area (Å²) in [7, 11) is 0. The average Bonchev–Trinajstić information content (AvgIpc) is 2.57. The molecule has 0 fully saturated rings. The maximum absolute atomic E-state index is 9.64. The van der Waals surface area contributed by atoms with Crippen molar-refractivity contribution in [1.29, 1.82) is 0 Å². The van der Waals surface area contributed by atoms with Crippen LogP contribution in [0.4, 0.5) is 0 Å². The number of rotatable bonds is 1. The Bertz CT molecular complexity index is 384. The largest absolute Gasteiger partial charge is 0.507 e. The van der Waals surface area contributed by atoms with Gasteiger partial charge in [-0.1, -0.05) is 12.1 Å². The smallest absolute Gasteiger partial charge is 0.125 e. The van der Waals surface area contributed by atoms with Gasteiger partial charge in [-0.15, -0.1) is 0 Å². The van der Waals surface area contributed by atoms with Gasteiger partial charge in [0.25, 0.3) is 0 Å². The Labute approximate surface area is 76.9 Å². The Balaban J connectivity index is 2.64. The minimum Gasteiger partial charge on any atom is -0.507 e. The van der Waals surface area contributed by atoms with Crippen molar-refractivity contribution in [2.75, 3.05) is 0 Å². The summed E-state index contributed by atoms with van der Waals surface area (Å²) < 4.78 is 0. The number of aryl methyl sites for hydroxylation is 1. The lowest BCUT2D eigenvalue weighted by Gasteiger charge is -2.05. The number of aromatic nitrogens is 1. The van der Waals surface area contributed by atoms with Crippen molar-refractivity contribution >= 4 is 0 Å². The number of nitrogens with one attached hydrogen (secondary N) is 1. The van der Waals surface area contributed by atoms with E-state index < -0.39 is 0 Å². The van der Waals surface area contributed by atoms with Gasteiger partial charge in [-0.3, -0.25) is 0 Å². The molecule has 0 amide bonds. The lowest BCUT2D eigenvalue weighted by Crippen LogP contribution is -1.83. The van der Waals surface area contributed by atoms with E-state index in [0.717, 1.165) is 16.8 Å². The molecule has 0 saturated carbocycles. The van der Waals surface area contributed by atoms with Gasteiger partial charge in [0.15, 0.2) is 0 Å². The molecule has 0 aliphatic carbocycles. The third-order valence-electron chi connectivity index (χ3n) is 2.12. The van der Waals surface area contributed by atoms with Crippen LogP contribution in [0.15, 0.2) is 36.5 Å². The Morgan fingerprint density at radius 2 is 2.00 bits per heavy atom.